The van der Waals surface area contributed by atoms with E-state index in [4.69, 9.17) is 15.0 Å². The van der Waals surface area contributed by atoms with E-state index in [0.717, 1.165) is 22.2 Å². The number of benzene rings is 1. The molecule has 0 saturated carbocycles. The van der Waals surface area contributed by atoms with Crippen LogP contribution in [0.1, 0.15) is 0 Å². The van der Waals surface area contributed by atoms with Crippen LogP contribution >= 0.6 is 0 Å². The summed E-state index contributed by atoms with van der Waals surface area (Å²) in [6.45, 7) is 0. The molecule has 0 atom stereocenters. The highest BCUT2D eigenvalue weighted by atomic mass is 16.5. The van der Waals surface area contributed by atoms with E-state index in [1.807, 2.05) is 24.3 Å². The maximum Gasteiger partial charge on any atom is 0.222 e. The molecule has 2 aromatic heterocycles. The second-order valence-corrected chi connectivity index (χ2v) is 3.83. The SMILES string of the molecule is COc1ccc(-c2cc(N)on2)c2cccnc12. The van der Waals surface area contributed by atoms with Gasteiger partial charge in [0.15, 0.2) is 0 Å². The Labute approximate surface area is 103 Å². The molecule has 18 heavy (non-hydrogen) atoms. The summed E-state index contributed by atoms with van der Waals surface area (Å²) in [5.74, 6) is 1.02. The summed E-state index contributed by atoms with van der Waals surface area (Å²) in [5, 5.41) is 4.87. The summed E-state index contributed by atoms with van der Waals surface area (Å²) >= 11 is 0. The first-order valence-electron chi connectivity index (χ1n) is 5.44. The van der Waals surface area contributed by atoms with Crippen LogP contribution < -0.4 is 10.5 Å². The molecule has 1 aromatic carbocycles. The summed E-state index contributed by atoms with van der Waals surface area (Å²) in [6.07, 6.45) is 1.73. The van der Waals surface area contributed by atoms with Crippen molar-refractivity contribution in [1.82, 2.24) is 10.1 Å². The molecule has 0 spiro atoms. The number of nitrogen functional groups attached to an aromatic ring is 1. The minimum atomic E-state index is 0.290. The smallest absolute Gasteiger partial charge is 0.222 e. The molecule has 90 valence electrons. The highest BCUT2D eigenvalue weighted by molar-refractivity contribution is 5.97. The molecular formula is C13H11N3O2. The van der Waals surface area contributed by atoms with E-state index in [0.29, 0.717) is 5.69 Å². The zero-order valence-corrected chi connectivity index (χ0v) is 9.75. The number of rotatable bonds is 2. The first kappa shape index (κ1) is 10.6. The van der Waals surface area contributed by atoms with Gasteiger partial charge in [0.1, 0.15) is 17.0 Å². The molecule has 0 amide bonds. The number of pyridine rings is 1. The molecule has 0 aliphatic carbocycles. The van der Waals surface area contributed by atoms with Crippen molar-refractivity contribution >= 4 is 16.8 Å². The van der Waals surface area contributed by atoms with Crippen LogP contribution in [0.15, 0.2) is 41.1 Å². The second kappa shape index (κ2) is 4.03. The van der Waals surface area contributed by atoms with Gasteiger partial charge < -0.3 is 15.0 Å². The van der Waals surface area contributed by atoms with Crippen molar-refractivity contribution in [3.8, 4) is 17.0 Å². The van der Waals surface area contributed by atoms with Gasteiger partial charge in [0.05, 0.1) is 7.11 Å². The molecule has 5 nitrogen and oxygen atoms in total. The third-order valence-corrected chi connectivity index (χ3v) is 2.76. The predicted molar refractivity (Wildman–Crippen MR) is 68.2 cm³/mol. The number of aromatic nitrogens is 2. The zero-order chi connectivity index (χ0) is 12.5. The summed E-state index contributed by atoms with van der Waals surface area (Å²) in [4.78, 5) is 4.33. The third kappa shape index (κ3) is 1.57. The number of nitrogens with two attached hydrogens (primary N) is 1. The summed E-state index contributed by atoms with van der Waals surface area (Å²) in [6, 6.07) is 9.30. The van der Waals surface area contributed by atoms with E-state index in [1.165, 1.54) is 0 Å². The molecule has 3 aromatic rings. The molecule has 3 rings (SSSR count). The number of anilines is 1. The van der Waals surface area contributed by atoms with Crippen molar-refractivity contribution in [1.29, 1.82) is 0 Å². The Bertz CT molecular complexity index is 706. The van der Waals surface area contributed by atoms with E-state index >= 15 is 0 Å². The lowest BCUT2D eigenvalue weighted by Gasteiger charge is -2.07. The molecule has 2 N–H and O–H groups in total. The average molecular weight is 241 g/mol. The quantitative estimate of drug-likeness (QED) is 0.746. The zero-order valence-electron chi connectivity index (χ0n) is 9.75. The predicted octanol–water partition coefficient (Wildman–Crippen LogP) is 2.48. The molecule has 5 heteroatoms. The monoisotopic (exact) mass is 241 g/mol. The largest absolute Gasteiger partial charge is 0.494 e. The van der Waals surface area contributed by atoms with E-state index < -0.39 is 0 Å². The van der Waals surface area contributed by atoms with Crippen LogP contribution in [0.25, 0.3) is 22.2 Å². The summed E-state index contributed by atoms with van der Waals surface area (Å²) in [7, 11) is 1.62. The molecule has 0 bridgehead atoms. The van der Waals surface area contributed by atoms with Crippen LogP contribution in [-0.4, -0.2) is 17.3 Å². The van der Waals surface area contributed by atoms with Crippen molar-refractivity contribution in [2.24, 2.45) is 0 Å². The Morgan fingerprint density at radius 3 is 2.89 bits per heavy atom. The van der Waals surface area contributed by atoms with Crippen molar-refractivity contribution in [2.75, 3.05) is 12.8 Å². The number of nitrogens with zero attached hydrogens (tertiary/aromatic N) is 2. The van der Waals surface area contributed by atoms with Crippen LogP contribution in [0.3, 0.4) is 0 Å². The number of hydrogen-bond donors (Lipinski definition) is 1. The van der Waals surface area contributed by atoms with Crippen LogP contribution in [0.4, 0.5) is 5.88 Å². The number of methoxy groups -OCH3 is 1. The van der Waals surface area contributed by atoms with Gasteiger partial charge in [0, 0.05) is 23.2 Å². The lowest BCUT2D eigenvalue weighted by Crippen LogP contribution is -1.89. The van der Waals surface area contributed by atoms with Crippen LogP contribution in [0, 0.1) is 0 Å². The van der Waals surface area contributed by atoms with Gasteiger partial charge in [-0.15, -0.1) is 0 Å². The normalized spacial score (nSPS) is 10.7. The van der Waals surface area contributed by atoms with Gasteiger partial charge in [0.2, 0.25) is 5.88 Å². The fourth-order valence-corrected chi connectivity index (χ4v) is 1.95. The second-order valence-electron chi connectivity index (χ2n) is 3.83. The highest BCUT2D eigenvalue weighted by Crippen LogP contribution is 2.32. The molecule has 0 unspecified atom stereocenters. The van der Waals surface area contributed by atoms with Crippen LogP contribution in [-0.2, 0) is 0 Å². The summed E-state index contributed by atoms with van der Waals surface area (Å²) < 4.78 is 10.2. The van der Waals surface area contributed by atoms with Crippen molar-refractivity contribution < 1.29 is 9.26 Å². The first-order valence-corrected chi connectivity index (χ1v) is 5.44. The van der Waals surface area contributed by atoms with E-state index in [2.05, 4.69) is 10.1 Å². The Morgan fingerprint density at radius 2 is 2.17 bits per heavy atom. The molecule has 0 radical (unpaired) electrons. The molecule has 0 aliphatic rings. The first-order chi connectivity index (χ1) is 8.79. The molecule has 0 fully saturated rings. The molecule has 0 aliphatic heterocycles. The number of ether oxygens (including phenoxy) is 1. The topological polar surface area (TPSA) is 74.2 Å². The average Bonchev–Trinajstić information content (AvgIpc) is 2.84. The molecule has 0 saturated heterocycles. The van der Waals surface area contributed by atoms with Gasteiger partial charge >= 0.3 is 0 Å². The van der Waals surface area contributed by atoms with Crippen molar-refractivity contribution in [3.05, 3.63) is 36.5 Å². The lowest BCUT2D eigenvalue weighted by molar-refractivity contribution is 0.419. The summed E-state index contributed by atoms with van der Waals surface area (Å²) in [5.41, 5.74) is 7.94. The highest BCUT2D eigenvalue weighted by Gasteiger charge is 2.11. The van der Waals surface area contributed by atoms with Crippen molar-refractivity contribution in [2.45, 2.75) is 0 Å². The lowest BCUT2D eigenvalue weighted by atomic mass is 10.1. The maximum absolute atomic E-state index is 5.55. The van der Waals surface area contributed by atoms with Gasteiger partial charge in [0.25, 0.3) is 0 Å². The Hall–Kier alpha value is -2.56. The van der Waals surface area contributed by atoms with E-state index in [-0.39, 0.29) is 5.88 Å². The minimum absolute atomic E-state index is 0.290. The van der Waals surface area contributed by atoms with E-state index in [9.17, 15) is 0 Å². The molecular weight excluding hydrogens is 230 g/mol. The van der Waals surface area contributed by atoms with Gasteiger partial charge in [-0.1, -0.05) is 11.2 Å². The van der Waals surface area contributed by atoms with Crippen LogP contribution in [0.5, 0.6) is 5.75 Å². The Morgan fingerprint density at radius 1 is 1.28 bits per heavy atom. The standard InChI is InChI=1S/C13H11N3O2/c1-17-11-5-4-8(10-7-12(14)18-16-10)9-3-2-6-15-13(9)11/h2-7H,14H2,1H3. The third-order valence-electron chi connectivity index (χ3n) is 2.76. The Balaban J connectivity index is 2.31. The fourth-order valence-electron chi connectivity index (χ4n) is 1.95. The number of hydrogen-bond acceptors (Lipinski definition) is 5. The fraction of sp³-hybridized carbons (Fsp3) is 0.0769. The van der Waals surface area contributed by atoms with Crippen molar-refractivity contribution in [3.63, 3.8) is 0 Å². The van der Waals surface area contributed by atoms with Gasteiger partial charge in [-0.2, -0.15) is 0 Å². The molecule has 2 heterocycles. The minimum Gasteiger partial charge on any atom is -0.494 e. The maximum atomic E-state index is 5.55. The van der Waals surface area contributed by atoms with Gasteiger partial charge in [-0.25, -0.2) is 0 Å². The van der Waals surface area contributed by atoms with Gasteiger partial charge in [-0.3, -0.25) is 4.98 Å². The number of fused-ring (bicyclic) bond motifs is 1. The van der Waals surface area contributed by atoms with Crippen LogP contribution in [0.2, 0.25) is 0 Å². The van der Waals surface area contributed by atoms with Gasteiger partial charge in [-0.05, 0) is 18.2 Å². The van der Waals surface area contributed by atoms with E-state index in [1.54, 1.807) is 19.4 Å². The Kier molecular flexibility index (Phi) is 2.37.